The van der Waals surface area contributed by atoms with Crippen LogP contribution in [0.1, 0.15) is 20.3 Å². The van der Waals surface area contributed by atoms with E-state index in [2.05, 4.69) is 4.72 Å². The number of thiophene rings is 1. The Balaban J connectivity index is 2.09. The summed E-state index contributed by atoms with van der Waals surface area (Å²) in [7, 11) is -3.71. The Kier molecular flexibility index (Phi) is 3.65. The third-order valence-electron chi connectivity index (χ3n) is 2.22. The number of hydrogen-bond acceptors (Lipinski definition) is 5. The van der Waals surface area contributed by atoms with E-state index in [1.54, 1.807) is 0 Å². The molecule has 2 aromatic rings. The predicted octanol–water partition coefficient (Wildman–Crippen LogP) is 1.94. The van der Waals surface area contributed by atoms with Crippen LogP contribution in [0.4, 0.5) is 0 Å². The van der Waals surface area contributed by atoms with Gasteiger partial charge in [-0.1, -0.05) is 0 Å². The van der Waals surface area contributed by atoms with Crippen LogP contribution in [0, 0.1) is 6.92 Å². The van der Waals surface area contributed by atoms with E-state index in [0.717, 1.165) is 9.75 Å². The molecule has 2 heterocycles. The highest BCUT2D eigenvalue weighted by Gasteiger charge is 2.18. The summed E-state index contributed by atoms with van der Waals surface area (Å²) in [6.07, 6.45) is 0.460. The molecule has 0 saturated carbocycles. The lowest BCUT2D eigenvalue weighted by atomic mass is 10.4. The van der Waals surface area contributed by atoms with E-state index in [1.165, 1.54) is 23.5 Å². The molecule has 0 unspecified atom stereocenters. The van der Waals surface area contributed by atoms with Gasteiger partial charge in [-0.25, -0.2) is 13.1 Å². The minimum absolute atomic E-state index is 0.0117. The fourth-order valence-corrected chi connectivity index (χ4v) is 3.22. The number of carbonyl (C=O) groups excluding carboxylic acids is 1. The summed E-state index contributed by atoms with van der Waals surface area (Å²) in [6, 6.07) is 6.36. The van der Waals surface area contributed by atoms with Gasteiger partial charge in [0.1, 0.15) is 0 Å². The topological polar surface area (TPSA) is 76.4 Å². The first-order valence-corrected chi connectivity index (χ1v) is 7.41. The average Bonchev–Trinajstić information content (AvgIpc) is 2.95. The summed E-state index contributed by atoms with van der Waals surface area (Å²) in [5.74, 6) is -0.0117. The SMILES string of the molecule is Cc1ccc(CNS(=O)(=O)c2ccc(C=O)o2)s1. The number of carbonyl (C=O) groups is 1. The van der Waals surface area contributed by atoms with E-state index in [9.17, 15) is 13.2 Å². The Morgan fingerprint density at radius 3 is 2.67 bits per heavy atom. The van der Waals surface area contributed by atoms with Gasteiger partial charge in [-0.05, 0) is 31.2 Å². The number of rotatable bonds is 5. The van der Waals surface area contributed by atoms with Crippen LogP contribution in [0.5, 0.6) is 0 Å². The maximum atomic E-state index is 11.8. The molecule has 0 aliphatic rings. The molecule has 0 spiro atoms. The van der Waals surface area contributed by atoms with E-state index >= 15 is 0 Å². The molecule has 96 valence electrons. The zero-order valence-electron chi connectivity index (χ0n) is 9.54. The molecule has 0 saturated heterocycles. The Bertz CT molecular complexity index is 654. The van der Waals surface area contributed by atoms with Gasteiger partial charge in [-0.15, -0.1) is 11.3 Å². The minimum Gasteiger partial charge on any atom is -0.440 e. The van der Waals surface area contributed by atoms with Crippen molar-refractivity contribution in [3.8, 4) is 0 Å². The molecular weight excluding hydrogens is 274 g/mol. The molecule has 18 heavy (non-hydrogen) atoms. The van der Waals surface area contributed by atoms with Crippen molar-refractivity contribution in [3.63, 3.8) is 0 Å². The molecule has 1 N–H and O–H groups in total. The molecule has 0 amide bonds. The number of aryl methyl sites for hydroxylation is 1. The van der Waals surface area contributed by atoms with E-state index in [4.69, 9.17) is 4.42 Å². The van der Waals surface area contributed by atoms with Gasteiger partial charge in [0.25, 0.3) is 10.0 Å². The van der Waals surface area contributed by atoms with Gasteiger partial charge in [0.15, 0.2) is 12.0 Å². The Morgan fingerprint density at radius 2 is 2.11 bits per heavy atom. The molecule has 0 aromatic carbocycles. The molecule has 0 bridgehead atoms. The standard InChI is InChI=1S/C11H11NO4S2/c1-8-2-4-10(17-8)6-12-18(14,15)11-5-3-9(7-13)16-11/h2-5,7,12H,6H2,1H3. The Morgan fingerprint density at radius 1 is 1.33 bits per heavy atom. The number of nitrogens with one attached hydrogen (secondary N) is 1. The first-order valence-electron chi connectivity index (χ1n) is 5.11. The van der Waals surface area contributed by atoms with Crippen LogP contribution in [0.15, 0.2) is 33.8 Å². The van der Waals surface area contributed by atoms with Gasteiger partial charge in [0.05, 0.1) is 0 Å². The second kappa shape index (κ2) is 5.05. The number of furan rings is 1. The Hall–Kier alpha value is -1.44. The van der Waals surface area contributed by atoms with Crippen molar-refractivity contribution in [1.29, 1.82) is 0 Å². The molecule has 0 radical (unpaired) electrons. The molecule has 0 aliphatic heterocycles. The normalized spacial score (nSPS) is 11.6. The summed E-state index contributed by atoms with van der Waals surface area (Å²) < 4.78 is 30.9. The highest BCUT2D eigenvalue weighted by Crippen LogP contribution is 2.17. The summed E-state index contributed by atoms with van der Waals surface area (Å²) in [5.41, 5.74) is 0. The highest BCUT2D eigenvalue weighted by atomic mass is 32.2. The van der Waals surface area contributed by atoms with Crippen molar-refractivity contribution in [2.45, 2.75) is 18.6 Å². The maximum Gasteiger partial charge on any atom is 0.274 e. The van der Waals surface area contributed by atoms with Gasteiger partial charge in [0.2, 0.25) is 5.09 Å². The first kappa shape index (κ1) is 13.0. The second-order valence-electron chi connectivity index (χ2n) is 3.61. The number of sulfonamides is 1. The van der Waals surface area contributed by atoms with Crippen molar-refractivity contribution < 1.29 is 17.6 Å². The summed E-state index contributed by atoms with van der Waals surface area (Å²) in [4.78, 5) is 12.5. The van der Waals surface area contributed by atoms with Gasteiger partial charge in [-0.3, -0.25) is 4.79 Å². The third kappa shape index (κ3) is 2.87. The van der Waals surface area contributed by atoms with Crippen molar-refractivity contribution in [2.24, 2.45) is 0 Å². The lowest BCUT2D eigenvalue weighted by Crippen LogP contribution is -2.22. The molecule has 0 atom stereocenters. The van der Waals surface area contributed by atoms with Crippen molar-refractivity contribution >= 4 is 27.6 Å². The molecule has 2 rings (SSSR count). The molecule has 5 nitrogen and oxygen atoms in total. The van der Waals surface area contributed by atoms with Crippen LogP contribution in [0.2, 0.25) is 0 Å². The Labute approximate surface area is 108 Å². The lowest BCUT2D eigenvalue weighted by Gasteiger charge is -2.01. The molecule has 0 aliphatic carbocycles. The van der Waals surface area contributed by atoms with Crippen molar-refractivity contribution in [3.05, 3.63) is 39.8 Å². The fourth-order valence-electron chi connectivity index (χ4n) is 1.36. The molecular formula is C11H11NO4S2. The van der Waals surface area contributed by atoms with Crippen LogP contribution in [-0.4, -0.2) is 14.7 Å². The quantitative estimate of drug-likeness (QED) is 0.852. The molecule has 2 aromatic heterocycles. The van der Waals surface area contributed by atoms with Crippen LogP contribution < -0.4 is 4.72 Å². The largest absolute Gasteiger partial charge is 0.440 e. The van der Waals surface area contributed by atoms with Crippen molar-refractivity contribution in [2.75, 3.05) is 0 Å². The van der Waals surface area contributed by atoms with E-state index < -0.39 is 10.0 Å². The molecule has 0 fully saturated rings. The predicted molar refractivity (Wildman–Crippen MR) is 67.2 cm³/mol. The van der Waals surface area contributed by atoms with Crippen molar-refractivity contribution in [1.82, 2.24) is 4.72 Å². The van der Waals surface area contributed by atoms with Crippen LogP contribution in [0.3, 0.4) is 0 Å². The third-order valence-corrected chi connectivity index (χ3v) is 4.49. The van der Waals surface area contributed by atoms with E-state index in [0.29, 0.717) is 6.29 Å². The van der Waals surface area contributed by atoms with Gasteiger partial charge < -0.3 is 4.42 Å². The summed E-state index contributed by atoms with van der Waals surface area (Å²) in [5, 5.41) is -0.252. The fraction of sp³-hybridized carbons (Fsp3) is 0.182. The highest BCUT2D eigenvalue weighted by molar-refractivity contribution is 7.89. The van der Waals surface area contributed by atoms with Crippen LogP contribution in [0.25, 0.3) is 0 Å². The minimum atomic E-state index is -3.71. The lowest BCUT2D eigenvalue weighted by molar-refractivity contribution is 0.109. The zero-order valence-corrected chi connectivity index (χ0v) is 11.2. The van der Waals surface area contributed by atoms with Gasteiger partial charge in [-0.2, -0.15) is 0 Å². The number of hydrogen-bond donors (Lipinski definition) is 1. The van der Waals surface area contributed by atoms with E-state index in [-0.39, 0.29) is 17.4 Å². The molecule has 7 heteroatoms. The zero-order chi connectivity index (χ0) is 13.2. The maximum absolute atomic E-state index is 11.8. The smallest absolute Gasteiger partial charge is 0.274 e. The number of aldehydes is 1. The van der Waals surface area contributed by atoms with Gasteiger partial charge >= 0.3 is 0 Å². The summed E-state index contributed by atoms with van der Waals surface area (Å²) >= 11 is 1.52. The monoisotopic (exact) mass is 285 g/mol. The first-order chi connectivity index (χ1) is 8.51. The summed E-state index contributed by atoms with van der Waals surface area (Å²) in [6.45, 7) is 2.16. The second-order valence-corrected chi connectivity index (χ2v) is 6.68. The van der Waals surface area contributed by atoms with E-state index in [1.807, 2.05) is 19.1 Å². The van der Waals surface area contributed by atoms with Gasteiger partial charge in [0, 0.05) is 16.3 Å². The van der Waals surface area contributed by atoms with Crippen LogP contribution >= 0.6 is 11.3 Å². The average molecular weight is 285 g/mol. The van der Waals surface area contributed by atoms with Crippen LogP contribution in [-0.2, 0) is 16.6 Å².